The van der Waals surface area contributed by atoms with E-state index in [1.165, 1.54) is 29.5 Å². The zero-order valence-corrected chi connectivity index (χ0v) is 9.05. The number of hydrogen-bond acceptors (Lipinski definition) is 3. The van der Waals surface area contributed by atoms with Gasteiger partial charge in [0.05, 0.1) is 11.3 Å². The Bertz CT molecular complexity index is 511. The molecule has 1 amide bonds. The first-order chi connectivity index (χ1) is 7.66. The van der Waals surface area contributed by atoms with E-state index in [1.54, 1.807) is 11.4 Å². The molecule has 0 saturated heterocycles. The molecule has 1 heterocycles. The van der Waals surface area contributed by atoms with Crippen LogP contribution in [0.4, 0.5) is 15.8 Å². The summed E-state index contributed by atoms with van der Waals surface area (Å²) in [7, 11) is 0. The largest absolute Gasteiger partial charge is 0.396 e. The highest BCUT2D eigenvalue weighted by atomic mass is 32.1. The molecular weight excluding hydrogens is 227 g/mol. The fraction of sp³-hybridized carbons (Fsp3) is 0. The second-order valence-electron chi connectivity index (χ2n) is 3.20. The lowest BCUT2D eigenvalue weighted by molar-refractivity contribution is 0.102. The number of nitrogens with one attached hydrogen (secondary N) is 1. The molecule has 0 atom stereocenters. The van der Waals surface area contributed by atoms with Gasteiger partial charge in [0.1, 0.15) is 5.82 Å². The Kier molecular flexibility index (Phi) is 2.87. The highest BCUT2D eigenvalue weighted by Gasteiger charge is 2.07. The van der Waals surface area contributed by atoms with Crippen LogP contribution in [-0.2, 0) is 0 Å². The predicted octanol–water partition coefficient (Wildman–Crippen LogP) is 2.72. The van der Waals surface area contributed by atoms with Crippen LogP contribution in [0, 0.1) is 5.82 Å². The smallest absolute Gasteiger partial charge is 0.256 e. The lowest BCUT2D eigenvalue weighted by Crippen LogP contribution is -2.11. The molecule has 2 rings (SSSR count). The summed E-state index contributed by atoms with van der Waals surface area (Å²) in [4.78, 5) is 11.6. The molecule has 0 radical (unpaired) electrons. The molecule has 0 aliphatic rings. The van der Waals surface area contributed by atoms with E-state index < -0.39 is 5.82 Å². The van der Waals surface area contributed by atoms with Crippen molar-refractivity contribution < 1.29 is 9.18 Å². The molecular formula is C11H9FN2OS. The minimum atomic E-state index is -0.492. The molecule has 5 heteroatoms. The van der Waals surface area contributed by atoms with Gasteiger partial charge in [0.15, 0.2) is 0 Å². The summed E-state index contributed by atoms with van der Waals surface area (Å²) in [6.45, 7) is 0. The van der Waals surface area contributed by atoms with Crippen LogP contribution in [0.2, 0.25) is 0 Å². The summed E-state index contributed by atoms with van der Waals surface area (Å²) >= 11 is 1.44. The molecule has 1 aromatic carbocycles. The standard InChI is InChI=1S/C11H9FN2OS/c12-9-2-1-8(5-10(9)13)14-11(15)7-3-4-16-6-7/h1-6H,13H2,(H,14,15). The van der Waals surface area contributed by atoms with E-state index in [-0.39, 0.29) is 11.6 Å². The van der Waals surface area contributed by atoms with Gasteiger partial charge in [0.25, 0.3) is 5.91 Å². The zero-order chi connectivity index (χ0) is 11.5. The number of amides is 1. The Morgan fingerprint density at radius 3 is 2.81 bits per heavy atom. The second kappa shape index (κ2) is 4.32. The number of carbonyl (C=O) groups excluding carboxylic acids is 1. The average molecular weight is 236 g/mol. The summed E-state index contributed by atoms with van der Waals surface area (Å²) < 4.78 is 12.9. The summed E-state index contributed by atoms with van der Waals surface area (Å²) in [5.74, 6) is -0.721. The number of nitrogens with two attached hydrogens (primary N) is 1. The predicted molar refractivity (Wildman–Crippen MR) is 63.1 cm³/mol. The number of benzene rings is 1. The van der Waals surface area contributed by atoms with Crippen LogP contribution in [0.1, 0.15) is 10.4 Å². The molecule has 3 N–H and O–H groups in total. The van der Waals surface area contributed by atoms with Crippen molar-refractivity contribution in [3.63, 3.8) is 0 Å². The van der Waals surface area contributed by atoms with Crippen LogP contribution in [0.15, 0.2) is 35.0 Å². The summed E-state index contributed by atoms with van der Waals surface area (Å²) in [5, 5.41) is 6.19. The Morgan fingerprint density at radius 1 is 1.38 bits per heavy atom. The van der Waals surface area contributed by atoms with E-state index in [4.69, 9.17) is 5.73 Å². The minimum Gasteiger partial charge on any atom is -0.396 e. The number of anilines is 2. The van der Waals surface area contributed by atoms with Crippen LogP contribution >= 0.6 is 11.3 Å². The summed E-state index contributed by atoms with van der Waals surface area (Å²) in [5.41, 5.74) is 6.47. The monoisotopic (exact) mass is 236 g/mol. The van der Waals surface area contributed by atoms with Crippen molar-refractivity contribution >= 4 is 28.6 Å². The number of carbonyl (C=O) groups is 1. The fourth-order valence-corrected chi connectivity index (χ4v) is 1.85. The van der Waals surface area contributed by atoms with Crippen molar-refractivity contribution in [1.82, 2.24) is 0 Å². The van der Waals surface area contributed by atoms with Crippen molar-refractivity contribution in [2.75, 3.05) is 11.1 Å². The SMILES string of the molecule is Nc1cc(NC(=O)c2ccsc2)ccc1F. The number of nitrogen functional groups attached to an aromatic ring is 1. The average Bonchev–Trinajstić information content (AvgIpc) is 2.77. The number of thiophene rings is 1. The normalized spacial score (nSPS) is 10.1. The van der Waals surface area contributed by atoms with Crippen molar-refractivity contribution in [1.29, 1.82) is 0 Å². The van der Waals surface area contributed by atoms with Gasteiger partial charge in [-0.15, -0.1) is 0 Å². The minimum absolute atomic E-state index is 0.0168. The first-order valence-electron chi connectivity index (χ1n) is 4.55. The van der Waals surface area contributed by atoms with E-state index in [0.717, 1.165) is 0 Å². The molecule has 0 bridgehead atoms. The molecule has 0 unspecified atom stereocenters. The fourth-order valence-electron chi connectivity index (χ4n) is 1.22. The number of halogens is 1. The molecule has 1 aromatic heterocycles. The lowest BCUT2D eigenvalue weighted by Gasteiger charge is -2.05. The first kappa shape index (κ1) is 10.6. The molecule has 0 spiro atoms. The van der Waals surface area contributed by atoms with Gasteiger partial charge in [0, 0.05) is 11.1 Å². The molecule has 3 nitrogen and oxygen atoms in total. The topological polar surface area (TPSA) is 55.1 Å². The highest BCUT2D eigenvalue weighted by molar-refractivity contribution is 7.08. The van der Waals surface area contributed by atoms with Crippen LogP contribution in [0.25, 0.3) is 0 Å². The van der Waals surface area contributed by atoms with Gasteiger partial charge in [-0.1, -0.05) is 0 Å². The maximum absolute atomic E-state index is 12.9. The van der Waals surface area contributed by atoms with Gasteiger partial charge in [-0.05, 0) is 29.6 Å². The number of rotatable bonds is 2. The van der Waals surface area contributed by atoms with Gasteiger partial charge < -0.3 is 11.1 Å². The van der Waals surface area contributed by atoms with Crippen LogP contribution in [0.5, 0.6) is 0 Å². The molecule has 82 valence electrons. The van der Waals surface area contributed by atoms with Gasteiger partial charge in [-0.2, -0.15) is 11.3 Å². The Morgan fingerprint density at radius 2 is 2.19 bits per heavy atom. The van der Waals surface area contributed by atoms with Crippen molar-refractivity contribution in [2.45, 2.75) is 0 Å². The molecule has 0 saturated carbocycles. The Hall–Kier alpha value is -1.88. The Balaban J connectivity index is 2.15. The third-order valence-corrected chi connectivity index (χ3v) is 2.72. The van der Waals surface area contributed by atoms with Crippen LogP contribution in [0.3, 0.4) is 0 Å². The maximum Gasteiger partial charge on any atom is 0.256 e. The van der Waals surface area contributed by atoms with Crippen LogP contribution < -0.4 is 11.1 Å². The quantitative estimate of drug-likeness (QED) is 0.788. The molecule has 16 heavy (non-hydrogen) atoms. The molecule has 0 aliphatic carbocycles. The van der Waals surface area contributed by atoms with E-state index in [0.29, 0.717) is 11.3 Å². The van der Waals surface area contributed by atoms with Crippen molar-refractivity contribution in [3.8, 4) is 0 Å². The first-order valence-corrected chi connectivity index (χ1v) is 5.49. The summed E-state index contributed by atoms with van der Waals surface area (Å²) in [6, 6.07) is 5.79. The lowest BCUT2D eigenvalue weighted by atomic mass is 10.2. The van der Waals surface area contributed by atoms with Crippen molar-refractivity contribution in [3.05, 3.63) is 46.4 Å². The van der Waals surface area contributed by atoms with Crippen LogP contribution in [-0.4, -0.2) is 5.91 Å². The highest BCUT2D eigenvalue weighted by Crippen LogP contribution is 2.17. The van der Waals surface area contributed by atoms with E-state index in [9.17, 15) is 9.18 Å². The molecule has 2 aromatic rings. The third-order valence-electron chi connectivity index (χ3n) is 2.04. The maximum atomic E-state index is 12.9. The zero-order valence-electron chi connectivity index (χ0n) is 8.24. The summed E-state index contributed by atoms with van der Waals surface area (Å²) in [6.07, 6.45) is 0. The molecule has 0 fully saturated rings. The van der Waals surface area contributed by atoms with Gasteiger partial charge in [0.2, 0.25) is 0 Å². The third kappa shape index (κ3) is 2.20. The second-order valence-corrected chi connectivity index (χ2v) is 3.98. The Labute approximate surface area is 95.7 Å². The van der Waals surface area contributed by atoms with E-state index in [1.807, 2.05) is 5.38 Å². The molecule has 0 aliphatic heterocycles. The van der Waals surface area contributed by atoms with Gasteiger partial charge in [-0.3, -0.25) is 4.79 Å². The van der Waals surface area contributed by atoms with Crippen molar-refractivity contribution in [2.24, 2.45) is 0 Å². The van der Waals surface area contributed by atoms with E-state index >= 15 is 0 Å². The van der Waals surface area contributed by atoms with E-state index in [2.05, 4.69) is 5.32 Å². The van der Waals surface area contributed by atoms with Gasteiger partial charge in [-0.25, -0.2) is 4.39 Å². The number of hydrogen-bond donors (Lipinski definition) is 2. The van der Waals surface area contributed by atoms with Gasteiger partial charge >= 0.3 is 0 Å².